The van der Waals surface area contributed by atoms with Crippen molar-refractivity contribution in [1.82, 2.24) is 13.4 Å². The molecule has 5 rings (SSSR count). The van der Waals surface area contributed by atoms with Crippen LogP contribution in [-0.4, -0.2) is 54.0 Å². The zero-order chi connectivity index (χ0) is 27.7. The molecule has 1 aliphatic rings. The van der Waals surface area contributed by atoms with Crippen LogP contribution in [0.25, 0.3) is 11.0 Å². The zero-order valence-electron chi connectivity index (χ0n) is 21.2. The van der Waals surface area contributed by atoms with Gasteiger partial charge in [-0.3, -0.25) is 9.36 Å². The summed E-state index contributed by atoms with van der Waals surface area (Å²) in [6.07, 6.45) is 1.50. The summed E-state index contributed by atoms with van der Waals surface area (Å²) in [5, 5.41) is 9.59. The van der Waals surface area contributed by atoms with Gasteiger partial charge in [0.2, 0.25) is 0 Å². The van der Waals surface area contributed by atoms with E-state index in [0.29, 0.717) is 28.4 Å². The molecule has 0 saturated carbocycles. The first kappa shape index (κ1) is 26.2. The molecule has 1 unspecified atom stereocenters. The Bertz CT molecular complexity index is 1740. The number of fused-ring (bicyclic) bond motifs is 1. The molecule has 1 amide bonds. The molecule has 2 N–H and O–H groups in total. The molecule has 0 aliphatic carbocycles. The van der Waals surface area contributed by atoms with Gasteiger partial charge in [0, 0.05) is 19.1 Å². The lowest BCUT2D eigenvalue weighted by atomic mass is 10.0. The number of imidazole rings is 1. The summed E-state index contributed by atoms with van der Waals surface area (Å²) < 4.78 is 34.7. The van der Waals surface area contributed by atoms with Crippen LogP contribution in [0, 0.1) is 11.3 Å². The molecule has 0 bridgehead atoms. The highest BCUT2D eigenvalue weighted by atomic mass is 32.2. The predicted molar refractivity (Wildman–Crippen MR) is 145 cm³/mol. The minimum absolute atomic E-state index is 0.0545. The van der Waals surface area contributed by atoms with Crippen molar-refractivity contribution in [2.45, 2.75) is 29.8 Å². The zero-order valence-corrected chi connectivity index (χ0v) is 22.0. The summed E-state index contributed by atoms with van der Waals surface area (Å²) in [5.41, 5.74) is 6.17. The van der Waals surface area contributed by atoms with Crippen molar-refractivity contribution in [3.63, 3.8) is 0 Å². The highest BCUT2D eigenvalue weighted by molar-refractivity contribution is 7.90. The molecule has 0 radical (unpaired) electrons. The molecule has 200 valence electrons. The number of nitrogens with two attached hydrogens (primary N) is 1. The first-order valence-electron chi connectivity index (χ1n) is 12.4. The van der Waals surface area contributed by atoms with Crippen LogP contribution in [0.5, 0.6) is 5.75 Å². The highest BCUT2D eigenvalue weighted by Gasteiger charge is 2.35. The fourth-order valence-corrected chi connectivity index (χ4v) is 6.41. The lowest BCUT2D eigenvalue weighted by Gasteiger charge is -2.34. The molecule has 1 saturated heterocycles. The van der Waals surface area contributed by atoms with E-state index < -0.39 is 21.8 Å². The van der Waals surface area contributed by atoms with E-state index >= 15 is 0 Å². The molecule has 2 heterocycles. The maximum absolute atomic E-state index is 14.1. The minimum atomic E-state index is -4.40. The van der Waals surface area contributed by atoms with E-state index in [1.165, 1.54) is 54.1 Å². The van der Waals surface area contributed by atoms with Crippen molar-refractivity contribution in [2.24, 2.45) is 5.73 Å². The maximum atomic E-state index is 14.1. The van der Waals surface area contributed by atoms with E-state index in [1.54, 1.807) is 35.2 Å². The standard InChI is InChI=1S/C28H27N5O5S/c1-38-22-10-12-23(13-11-22)39(36,37)33-24-14-9-19(17-29)16-25(24)32(28(33)35)26(20-6-3-2-4-7-20)27(34)31-15-5-8-21(30)18-31/h2-4,6-7,9-14,16,21,26H,5,8,15,18,30H2,1H3/t21-,26?/m0/s1. The second-order valence-corrected chi connectivity index (χ2v) is 11.2. The number of likely N-dealkylation sites (tertiary alicyclic amines) is 1. The molecule has 10 nitrogen and oxygen atoms in total. The van der Waals surface area contributed by atoms with Gasteiger partial charge in [-0.15, -0.1) is 0 Å². The molecular formula is C28H27N5O5S. The van der Waals surface area contributed by atoms with Crippen LogP contribution in [0.2, 0.25) is 0 Å². The van der Waals surface area contributed by atoms with Crippen LogP contribution in [-0.2, 0) is 14.8 Å². The molecule has 1 aromatic heterocycles. The van der Waals surface area contributed by atoms with Gasteiger partial charge >= 0.3 is 5.69 Å². The first-order chi connectivity index (χ1) is 18.8. The summed E-state index contributed by atoms with van der Waals surface area (Å²) in [7, 11) is -2.93. The SMILES string of the molecule is COc1ccc(S(=O)(=O)n2c(=O)n(C(C(=O)N3CCC[C@H](N)C3)c3ccccc3)c3cc(C#N)ccc32)cc1. The Morgan fingerprint density at radius 2 is 1.79 bits per heavy atom. The van der Waals surface area contributed by atoms with Gasteiger partial charge in [0.15, 0.2) is 0 Å². The Labute approximate surface area is 225 Å². The van der Waals surface area contributed by atoms with Crippen LogP contribution in [0.15, 0.2) is 82.5 Å². The van der Waals surface area contributed by atoms with Crippen molar-refractivity contribution in [3.05, 3.63) is 94.4 Å². The summed E-state index contributed by atoms with van der Waals surface area (Å²) in [6.45, 7) is 0.792. The summed E-state index contributed by atoms with van der Waals surface area (Å²) in [4.78, 5) is 29.7. The molecule has 39 heavy (non-hydrogen) atoms. The van der Waals surface area contributed by atoms with Gasteiger partial charge in [0.1, 0.15) is 11.8 Å². The Morgan fingerprint density at radius 1 is 1.08 bits per heavy atom. The van der Waals surface area contributed by atoms with Gasteiger partial charge in [-0.25, -0.2) is 13.2 Å². The average molecular weight is 546 g/mol. The van der Waals surface area contributed by atoms with E-state index in [1.807, 2.05) is 6.07 Å². The van der Waals surface area contributed by atoms with Gasteiger partial charge in [-0.1, -0.05) is 30.3 Å². The van der Waals surface area contributed by atoms with E-state index in [4.69, 9.17) is 10.5 Å². The molecule has 11 heteroatoms. The normalized spacial score (nSPS) is 16.5. The number of rotatable bonds is 6. The quantitative estimate of drug-likeness (QED) is 0.392. The number of nitriles is 1. The third-order valence-corrected chi connectivity index (χ3v) is 8.64. The predicted octanol–water partition coefficient (Wildman–Crippen LogP) is 2.46. The Morgan fingerprint density at radius 3 is 2.44 bits per heavy atom. The second kappa shape index (κ2) is 10.4. The fraction of sp³-hybridized carbons (Fsp3) is 0.250. The van der Waals surface area contributed by atoms with Crippen LogP contribution in [0.4, 0.5) is 0 Å². The maximum Gasteiger partial charge on any atom is 0.344 e. The van der Waals surface area contributed by atoms with E-state index in [9.17, 15) is 23.3 Å². The lowest BCUT2D eigenvalue weighted by molar-refractivity contribution is -0.134. The van der Waals surface area contributed by atoms with Gasteiger partial charge < -0.3 is 15.4 Å². The van der Waals surface area contributed by atoms with E-state index in [-0.39, 0.29) is 33.4 Å². The number of carbonyl (C=O) groups excluding carboxylic acids is 1. The Hall–Kier alpha value is -4.40. The molecule has 3 aromatic carbocycles. The van der Waals surface area contributed by atoms with Crippen molar-refractivity contribution in [3.8, 4) is 11.8 Å². The number of aromatic nitrogens is 2. The summed E-state index contributed by atoms with van der Waals surface area (Å²) >= 11 is 0. The van der Waals surface area contributed by atoms with Crippen LogP contribution in [0.3, 0.4) is 0 Å². The largest absolute Gasteiger partial charge is 0.497 e. The van der Waals surface area contributed by atoms with E-state index in [2.05, 4.69) is 0 Å². The number of amides is 1. The van der Waals surface area contributed by atoms with Gasteiger partial charge in [0.25, 0.3) is 15.9 Å². The molecule has 1 fully saturated rings. The number of piperidine rings is 1. The van der Waals surface area contributed by atoms with Gasteiger partial charge in [0.05, 0.1) is 34.7 Å². The van der Waals surface area contributed by atoms with Crippen LogP contribution >= 0.6 is 0 Å². The van der Waals surface area contributed by atoms with Crippen LogP contribution in [0.1, 0.15) is 30.0 Å². The van der Waals surface area contributed by atoms with Crippen molar-refractivity contribution >= 4 is 27.0 Å². The van der Waals surface area contributed by atoms with Crippen molar-refractivity contribution in [1.29, 1.82) is 5.26 Å². The summed E-state index contributed by atoms with van der Waals surface area (Å²) in [5.74, 6) is 0.0820. The molecule has 0 spiro atoms. The number of hydrogen-bond donors (Lipinski definition) is 1. The van der Waals surface area contributed by atoms with Crippen molar-refractivity contribution < 1.29 is 17.9 Å². The van der Waals surface area contributed by atoms with E-state index in [0.717, 1.165) is 12.8 Å². The lowest BCUT2D eigenvalue weighted by Crippen LogP contribution is -2.49. The number of benzene rings is 3. The molecular weight excluding hydrogens is 518 g/mol. The minimum Gasteiger partial charge on any atom is -0.497 e. The number of methoxy groups -OCH3 is 1. The average Bonchev–Trinajstić information content (AvgIpc) is 3.25. The van der Waals surface area contributed by atoms with Crippen molar-refractivity contribution in [2.75, 3.05) is 20.2 Å². The number of ether oxygens (including phenoxy) is 1. The van der Waals surface area contributed by atoms with Gasteiger partial charge in [-0.05, 0) is 60.9 Å². The Kier molecular flexibility index (Phi) is 6.99. The first-order valence-corrected chi connectivity index (χ1v) is 13.9. The Balaban J connectivity index is 1.78. The molecule has 4 aromatic rings. The third kappa shape index (κ3) is 4.69. The summed E-state index contributed by atoms with van der Waals surface area (Å²) in [6, 6.07) is 19.3. The smallest absolute Gasteiger partial charge is 0.344 e. The number of nitrogens with zero attached hydrogens (tertiary/aromatic N) is 4. The molecule has 1 aliphatic heterocycles. The third-order valence-electron chi connectivity index (χ3n) is 6.94. The number of carbonyl (C=O) groups is 1. The van der Waals surface area contributed by atoms with Crippen LogP contribution < -0.4 is 16.2 Å². The van der Waals surface area contributed by atoms with Gasteiger partial charge in [-0.2, -0.15) is 9.23 Å². The topological polar surface area (TPSA) is 140 Å². The molecule has 2 atom stereocenters. The second-order valence-electron chi connectivity index (χ2n) is 9.41. The highest BCUT2D eigenvalue weighted by Crippen LogP contribution is 2.29. The monoisotopic (exact) mass is 545 g/mol. The number of hydrogen-bond acceptors (Lipinski definition) is 7. The fourth-order valence-electron chi connectivity index (χ4n) is 5.02.